The van der Waals surface area contributed by atoms with Crippen molar-refractivity contribution in [2.75, 3.05) is 31.1 Å². The molecule has 0 amide bonds. The smallest absolute Gasteiger partial charge is 0.250 e. The Labute approximate surface area is 202 Å². The molecule has 4 aromatic rings. The van der Waals surface area contributed by atoms with E-state index in [0.717, 1.165) is 43.3 Å². The lowest BCUT2D eigenvalue weighted by Crippen LogP contribution is -2.49. The van der Waals surface area contributed by atoms with Crippen LogP contribution >= 0.6 is 11.6 Å². The van der Waals surface area contributed by atoms with Crippen molar-refractivity contribution in [1.29, 1.82) is 0 Å². The summed E-state index contributed by atoms with van der Waals surface area (Å²) in [6.45, 7) is 4.00. The van der Waals surface area contributed by atoms with Gasteiger partial charge in [0.1, 0.15) is 5.69 Å². The fourth-order valence-corrected chi connectivity index (χ4v) is 4.48. The fraction of sp³-hybridized carbons (Fsp3) is 0.192. The minimum Gasteiger partial charge on any atom is -0.435 e. The van der Waals surface area contributed by atoms with Crippen LogP contribution in [0, 0.1) is 0 Å². The summed E-state index contributed by atoms with van der Waals surface area (Å²) >= 11 is 6.06. The molecule has 1 saturated heterocycles. The molecular weight excluding hydrogens is 448 g/mol. The van der Waals surface area contributed by atoms with Gasteiger partial charge < -0.3 is 14.5 Å². The van der Waals surface area contributed by atoms with E-state index in [9.17, 15) is 0 Å². The normalized spacial score (nSPS) is 15.1. The Bertz CT molecular complexity index is 1330. The SMILES string of the molecule is Clc1ccc(Cn2nnc3c2Oc2ccccc2N=C3N2CCN(c3ccccc3)CC2)cc1. The van der Waals surface area contributed by atoms with E-state index in [1.807, 2.05) is 54.6 Å². The summed E-state index contributed by atoms with van der Waals surface area (Å²) in [7, 11) is 0. The zero-order valence-electron chi connectivity index (χ0n) is 18.5. The van der Waals surface area contributed by atoms with Crippen LogP contribution < -0.4 is 9.64 Å². The molecule has 0 spiro atoms. The molecular formula is C26H23ClN6O. The number of ether oxygens (including phenoxy) is 1. The van der Waals surface area contributed by atoms with Crippen molar-refractivity contribution in [1.82, 2.24) is 19.9 Å². The number of hydrogen-bond acceptors (Lipinski definition) is 6. The standard InChI is InChI=1S/C26H23ClN6O/c27-20-12-10-19(11-13-20)18-33-26-24(29-30-33)25(28-22-8-4-5-9-23(22)34-26)32-16-14-31(15-17-32)21-6-2-1-3-7-21/h1-13H,14-18H2. The van der Waals surface area contributed by atoms with Gasteiger partial charge in [-0.05, 0) is 42.0 Å². The molecule has 170 valence electrons. The summed E-state index contributed by atoms with van der Waals surface area (Å²) in [4.78, 5) is 9.68. The number of amidine groups is 1. The Balaban J connectivity index is 1.32. The molecule has 0 N–H and O–H groups in total. The first-order chi connectivity index (χ1) is 16.7. The second kappa shape index (κ2) is 8.83. The number of fused-ring (bicyclic) bond motifs is 2. The van der Waals surface area contributed by atoms with Crippen molar-refractivity contribution in [3.05, 3.63) is 95.1 Å². The van der Waals surface area contributed by atoms with Crippen molar-refractivity contribution in [3.63, 3.8) is 0 Å². The summed E-state index contributed by atoms with van der Waals surface area (Å²) < 4.78 is 8.13. The molecule has 0 unspecified atom stereocenters. The molecule has 0 radical (unpaired) electrons. The molecule has 0 atom stereocenters. The van der Waals surface area contributed by atoms with Crippen LogP contribution in [0.4, 0.5) is 11.4 Å². The maximum atomic E-state index is 6.34. The highest BCUT2D eigenvalue weighted by Crippen LogP contribution is 2.37. The fourth-order valence-electron chi connectivity index (χ4n) is 4.35. The number of rotatable bonds is 3. The van der Waals surface area contributed by atoms with Gasteiger partial charge in [-0.25, -0.2) is 9.67 Å². The topological polar surface area (TPSA) is 58.8 Å². The summed E-state index contributed by atoms with van der Waals surface area (Å²) in [5.41, 5.74) is 3.76. The van der Waals surface area contributed by atoms with Crippen molar-refractivity contribution in [3.8, 4) is 11.6 Å². The van der Waals surface area contributed by atoms with Crippen LogP contribution in [-0.2, 0) is 6.54 Å². The third-order valence-corrected chi connectivity index (χ3v) is 6.40. The number of aromatic nitrogens is 3. The van der Waals surface area contributed by atoms with Crippen molar-refractivity contribution >= 4 is 28.8 Å². The van der Waals surface area contributed by atoms with Gasteiger partial charge >= 0.3 is 0 Å². The number of halogens is 1. The summed E-state index contributed by atoms with van der Waals surface area (Å²) in [5.74, 6) is 2.10. The van der Waals surface area contributed by atoms with Gasteiger partial charge in [-0.3, -0.25) is 0 Å². The predicted octanol–water partition coefficient (Wildman–Crippen LogP) is 4.99. The lowest BCUT2D eigenvalue weighted by molar-refractivity contribution is 0.384. The first-order valence-electron chi connectivity index (χ1n) is 11.3. The second-order valence-electron chi connectivity index (χ2n) is 8.34. The van der Waals surface area contributed by atoms with Crippen LogP contribution in [0.15, 0.2) is 83.9 Å². The van der Waals surface area contributed by atoms with E-state index >= 15 is 0 Å². The molecule has 3 aromatic carbocycles. The van der Waals surface area contributed by atoms with Gasteiger partial charge in [0.2, 0.25) is 5.88 Å². The molecule has 8 heteroatoms. The van der Waals surface area contributed by atoms with Gasteiger partial charge in [-0.2, -0.15) is 0 Å². The van der Waals surface area contributed by atoms with Gasteiger partial charge in [0.25, 0.3) is 0 Å². The average Bonchev–Trinajstić information content (AvgIpc) is 3.18. The second-order valence-corrected chi connectivity index (χ2v) is 8.78. The molecule has 0 aliphatic carbocycles. The number of para-hydroxylation sites is 3. The summed E-state index contributed by atoms with van der Waals surface area (Å²) in [6, 6.07) is 26.1. The minimum atomic E-state index is 0.525. The zero-order valence-corrected chi connectivity index (χ0v) is 19.3. The number of aliphatic imine (C=N–C) groups is 1. The summed E-state index contributed by atoms with van der Waals surface area (Å²) in [5, 5.41) is 9.66. The predicted molar refractivity (Wildman–Crippen MR) is 134 cm³/mol. The Morgan fingerprint density at radius 3 is 2.29 bits per heavy atom. The molecule has 6 rings (SSSR count). The van der Waals surface area contributed by atoms with Crippen LogP contribution in [-0.4, -0.2) is 51.9 Å². The highest BCUT2D eigenvalue weighted by atomic mass is 35.5. The quantitative estimate of drug-likeness (QED) is 0.422. The van der Waals surface area contributed by atoms with Gasteiger partial charge in [0.15, 0.2) is 17.3 Å². The third kappa shape index (κ3) is 3.99. The number of anilines is 1. The molecule has 3 heterocycles. The Hall–Kier alpha value is -3.84. The van der Waals surface area contributed by atoms with Crippen molar-refractivity contribution in [2.45, 2.75) is 6.54 Å². The Morgan fingerprint density at radius 2 is 1.50 bits per heavy atom. The minimum absolute atomic E-state index is 0.525. The number of benzene rings is 3. The largest absolute Gasteiger partial charge is 0.435 e. The zero-order chi connectivity index (χ0) is 22.9. The van der Waals surface area contributed by atoms with Crippen LogP contribution in [0.25, 0.3) is 0 Å². The number of nitrogens with zero attached hydrogens (tertiary/aromatic N) is 6. The van der Waals surface area contributed by atoms with E-state index in [4.69, 9.17) is 21.3 Å². The van der Waals surface area contributed by atoms with E-state index < -0.39 is 0 Å². The molecule has 2 aliphatic rings. The molecule has 0 bridgehead atoms. The van der Waals surface area contributed by atoms with Crippen molar-refractivity contribution < 1.29 is 4.74 Å². The van der Waals surface area contributed by atoms with Gasteiger partial charge in [-0.15, -0.1) is 5.10 Å². The lowest BCUT2D eigenvalue weighted by atomic mass is 10.2. The molecule has 1 fully saturated rings. The van der Waals surface area contributed by atoms with Crippen LogP contribution in [0.5, 0.6) is 11.6 Å². The first-order valence-corrected chi connectivity index (χ1v) is 11.7. The van der Waals surface area contributed by atoms with E-state index in [1.54, 1.807) is 4.68 Å². The van der Waals surface area contributed by atoms with E-state index in [2.05, 4.69) is 44.4 Å². The number of hydrogen-bond donors (Lipinski definition) is 0. The maximum absolute atomic E-state index is 6.34. The molecule has 2 aliphatic heterocycles. The third-order valence-electron chi connectivity index (χ3n) is 6.15. The first kappa shape index (κ1) is 20.7. The molecule has 1 aromatic heterocycles. The average molecular weight is 471 g/mol. The van der Waals surface area contributed by atoms with E-state index in [1.165, 1.54) is 5.69 Å². The lowest BCUT2D eigenvalue weighted by Gasteiger charge is -2.37. The molecule has 34 heavy (non-hydrogen) atoms. The highest BCUT2D eigenvalue weighted by Gasteiger charge is 2.30. The molecule has 0 saturated carbocycles. The van der Waals surface area contributed by atoms with Crippen LogP contribution in [0.1, 0.15) is 11.3 Å². The van der Waals surface area contributed by atoms with Crippen LogP contribution in [0.2, 0.25) is 5.02 Å². The number of piperazine rings is 1. The molecule has 7 nitrogen and oxygen atoms in total. The van der Waals surface area contributed by atoms with E-state index in [-0.39, 0.29) is 0 Å². The monoisotopic (exact) mass is 470 g/mol. The van der Waals surface area contributed by atoms with Crippen LogP contribution in [0.3, 0.4) is 0 Å². The van der Waals surface area contributed by atoms with Gasteiger partial charge in [-0.1, -0.05) is 59.3 Å². The van der Waals surface area contributed by atoms with Gasteiger partial charge in [0.05, 0.1) is 6.54 Å². The van der Waals surface area contributed by atoms with Gasteiger partial charge in [0, 0.05) is 36.9 Å². The Kier molecular flexibility index (Phi) is 5.39. The Morgan fingerprint density at radius 1 is 0.794 bits per heavy atom. The summed E-state index contributed by atoms with van der Waals surface area (Å²) in [6.07, 6.45) is 0. The maximum Gasteiger partial charge on any atom is 0.250 e. The van der Waals surface area contributed by atoms with E-state index in [0.29, 0.717) is 28.9 Å². The highest BCUT2D eigenvalue weighted by molar-refractivity contribution is 6.30. The van der Waals surface area contributed by atoms with Crippen molar-refractivity contribution in [2.24, 2.45) is 4.99 Å².